The molecule has 1 aromatic heterocycles. The molecule has 0 bridgehead atoms. The van der Waals surface area contributed by atoms with Gasteiger partial charge in [0.2, 0.25) is 0 Å². The first-order valence-corrected chi connectivity index (χ1v) is 5.68. The predicted molar refractivity (Wildman–Crippen MR) is 60.8 cm³/mol. The van der Waals surface area contributed by atoms with Crippen molar-refractivity contribution in [2.75, 3.05) is 6.54 Å². The monoisotopic (exact) mass is 216 g/mol. The summed E-state index contributed by atoms with van der Waals surface area (Å²) in [6.45, 7) is 5.93. The van der Waals surface area contributed by atoms with Gasteiger partial charge in [-0.1, -0.05) is 13.8 Å². The van der Waals surface area contributed by atoms with Crippen molar-refractivity contribution in [2.45, 2.75) is 39.2 Å². The fourth-order valence-corrected chi connectivity index (χ4v) is 1.91. The maximum absolute atomic E-state index is 8.82. The number of aromatic nitrogens is 2. The first kappa shape index (κ1) is 11.0. The zero-order valence-corrected chi connectivity index (χ0v) is 9.75. The van der Waals surface area contributed by atoms with Gasteiger partial charge in [-0.3, -0.25) is 0 Å². The lowest BCUT2D eigenvalue weighted by molar-refractivity contribution is 0.605. The Morgan fingerprint density at radius 2 is 2.25 bits per heavy atom. The Morgan fingerprint density at radius 3 is 2.94 bits per heavy atom. The van der Waals surface area contributed by atoms with Crippen LogP contribution in [0.5, 0.6) is 0 Å². The highest BCUT2D eigenvalue weighted by atomic mass is 15.0. The van der Waals surface area contributed by atoms with Crippen molar-refractivity contribution < 1.29 is 0 Å². The van der Waals surface area contributed by atoms with E-state index in [1.54, 1.807) is 0 Å². The van der Waals surface area contributed by atoms with Crippen molar-refractivity contribution >= 4 is 0 Å². The molecular formula is C12H16N4. The zero-order chi connectivity index (χ0) is 11.5. The minimum Gasteiger partial charge on any atom is -0.312 e. The van der Waals surface area contributed by atoms with Crippen LogP contribution >= 0.6 is 0 Å². The van der Waals surface area contributed by atoms with Gasteiger partial charge in [-0.2, -0.15) is 5.26 Å². The van der Waals surface area contributed by atoms with Crippen molar-refractivity contribution in [2.24, 2.45) is 0 Å². The van der Waals surface area contributed by atoms with Crippen LogP contribution in [0.4, 0.5) is 0 Å². The van der Waals surface area contributed by atoms with Crippen LogP contribution in [0.1, 0.15) is 42.5 Å². The van der Waals surface area contributed by atoms with Crippen LogP contribution in [0.3, 0.4) is 0 Å². The van der Waals surface area contributed by atoms with E-state index in [0.29, 0.717) is 12.3 Å². The Kier molecular flexibility index (Phi) is 3.16. The van der Waals surface area contributed by atoms with Crippen molar-refractivity contribution in [3.63, 3.8) is 0 Å². The minimum atomic E-state index is 0.317. The van der Waals surface area contributed by atoms with E-state index in [1.165, 1.54) is 0 Å². The molecule has 4 heteroatoms. The summed E-state index contributed by atoms with van der Waals surface area (Å²) in [5.74, 6) is 1.18. The molecule has 16 heavy (non-hydrogen) atoms. The van der Waals surface area contributed by atoms with Gasteiger partial charge < -0.3 is 5.32 Å². The largest absolute Gasteiger partial charge is 0.312 e. The van der Waals surface area contributed by atoms with Gasteiger partial charge >= 0.3 is 0 Å². The number of nitrogens with zero attached hydrogens (tertiary/aromatic N) is 3. The SMILES string of the molecule is CC(C)c1nc(CC#N)c2c(n1)CCNC2. The van der Waals surface area contributed by atoms with E-state index < -0.39 is 0 Å². The molecule has 2 heterocycles. The van der Waals surface area contributed by atoms with Crippen molar-refractivity contribution in [3.05, 3.63) is 22.8 Å². The van der Waals surface area contributed by atoms with Gasteiger partial charge in [0.1, 0.15) is 5.82 Å². The van der Waals surface area contributed by atoms with Crippen LogP contribution in [-0.2, 0) is 19.4 Å². The van der Waals surface area contributed by atoms with Crippen molar-refractivity contribution in [1.82, 2.24) is 15.3 Å². The fourth-order valence-electron chi connectivity index (χ4n) is 1.91. The summed E-state index contributed by atoms with van der Waals surface area (Å²) in [4.78, 5) is 9.10. The molecule has 0 saturated heterocycles. The molecule has 0 amide bonds. The standard InChI is InChI=1S/C12H16N4/c1-8(2)12-15-10(3-5-13)9-7-14-6-4-11(9)16-12/h8,14H,3-4,6-7H2,1-2H3. The molecule has 1 aromatic rings. The average Bonchev–Trinajstić information content (AvgIpc) is 2.29. The van der Waals surface area contributed by atoms with Gasteiger partial charge in [-0.15, -0.1) is 0 Å². The van der Waals surface area contributed by atoms with E-state index >= 15 is 0 Å². The van der Waals surface area contributed by atoms with Gasteiger partial charge in [0.25, 0.3) is 0 Å². The summed E-state index contributed by atoms with van der Waals surface area (Å²) >= 11 is 0. The summed E-state index contributed by atoms with van der Waals surface area (Å²) in [7, 11) is 0. The predicted octanol–water partition coefficient (Wildman–Crippen LogP) is 1.31. The summed E-state index contributed by atoms with van der Waals surface area (Å²) < 4.78 is 0. The number of nitriles is 1. The topological polar surface area (TPSA) is 61.6 Å². The van der Waals surface area contributed by atoms with Crippen LogP contribution in [0.15, 0.2) is 0 Å². The number of nitrogens with one attached hydrogen (secondary N) is 1. The van der Waals surface area contributed by atoms with Gasteiger partial charge in [-0.05, 0) is 0 Å². The van der Waals surface area contributed by atoms with E-state index in [0.717, 1.165) is 42.3 Å². The molecule has 84 valence electrons. The summed E-state index contributed by atoms with van der Waals surface area (Å²) in [6.07, 6.45) is 1.32. The normalized spacial score (nSPS) is 14.6. The minimum absolute atomic E-state index is 0.317. The van der Waals surface area contributed by atoms with Crippen molar-refractivity contribution in [1.29, 1.82) is 5.26 Å². The number of rotatable bonds is 2. The van der Waals surface area contributed by atoms with E-state index in [1.807, 2.05) is 0 Å². The zero-order valence-electron chi connectivity index (χ0n) is 9.75. The summed E-state index contributed by atoms with van der Waals surface area (Å²) in [6, 6.07) is 2.18. The quantitative estimate of drug-likeness (QED) is 0.809. The van der Waals surface area contributed by atoms with Crippen LogP contribution < -0.4 is 5.32 Å². The smallest absolute Gasteiger partial charge is 0.131 e. The second-order valence-corrected chi connectivity index (χ2v) is 4.37. The molecule has 0 saturated carbocycles. The molecule has 0 atom stereocenters. The average molecular weight is 216 g/mol. The first-order chi connectivity index (χ1) is 7.72. The Labute approximate surface area is 95.7 Å². The lowest BCUT2D eigenvalue weighted by atomic mass is 10.0. The lowest BCUT2D eigenvalue weighted by Crippen LogP contribution is -2.27. The van der Waals surface area contributed by atoms with E-state index in [2.05, 4.69) is 35.2 Å². The lowest BCUT2D eigenvalue weighted by Gasteiger charge is -2.20. The molecule has 0 spiro atoms. The third-order valence-electron chi connectivity index (χ3n) is 2.80. The number of hydrogen-bond donors (Lipinski definition) is 1. The molecule has 4 nitrogen and oxygen atoms in total. The van der Waals surface area contributed by atoms with Gasteiger partial charge in [-0.25, -0.2) is 9.97 Å². The third kappa shape index (κ3) is 2.05. The highest BCUT2D eigenvalue weighted by molar-refractivity contribution is 5.30. The molecule has 0 aliphatic carbocycles. The second-order valence-electron chi connectivity index (χ2n) is 4.37. The Hall–Kier alpha value is -1.47. The highest BCUT2D eigenvalue weighted by Crippen LogP contribution is 2.19. The molecule has 0 aromatic carbocycles. The van der Waals surface area contributed by atoms with E-state index in [9.17, 15) is 0 Å². The molecular weight excluding hydrogens is 200 g/mol. The van der Waals surface area contributed by atoms with Gasteiger partial charge in [0, 0.05) is 31.0 Å². The highest BCUT2D eigenvalue weighted by Gasteiger charge is 2.18. The van der Waals surface area contributed by atoms with Crippen molar-refractivity contribution in [3.8, 4) is 6.07 Å². The molecule has 2 rings (SSSR count). The van der Waals surface area contributed by atoms with Crippen LogP contribution in [0.25, 0.3) is 0 Å². The second kappa shape index (κ2) is 4.58. The van der Waals surface area contributed by atoms with Crippen LogP contribution in [0, 0.1) is 11.3 Å². The molecule has 1 N–H and O–H groups in total. The van der Waals surface area contributed by atoms with Gasteiger partial charge in [0.15, 0.2) is 0 Å². The first-order valence-electron chi connectivity index (χ1n) is 5.68. The molecule has 0 unspecified atom stereocenters. The molecule has 0 fully saturated rings. The molecule has 1 aliphatic rings. The summed E-state index contributed by atoms with van der Waals surface area (Å²) in [5, 5.41) is 12.1. The molecule has 1 aliphatic heterocycles. The Balaban J connectivity index is 2.48. The summed E-state index contributed by atoms with van der Waals surface area (Å²) in [5.41, 5.74) is 3.17. The fraction of sp³-hybridized carbons (Fsp3) is 0.583. The van der Waals surface area contributed by atoms with E-state index in [4.69, 9.17) is 5.26 Å². The number of hydrogen-bond acceptors (Lipinski definition) is 4. The maximum Gasteiger partial charge on any atom is 0.131 e. The van der Waals surface area contributed by atoms with E-state index in [-0.39, 0.29) is 0 Å². The Morgan fingerprint density at radius 1 is 1.44 bits per heavy atom. The maximum atomic E-state index is 8.82. The van der Waals surface area contributed by atoms with Crippen LogP contribution in [-0.4, -0.2) is 16.5 Å². The Bertz CT molecular complexity index is 431. The third-order valence-corrected chi connectivity index (χ3v) is 2.80. The van der Waals surface area contributed by atoms with Gasteiger partial charge in [0.05, 0.1) is 23.9 Å². The van der Waals surface area contributed by atoms with Crippen LogP contribution in [0.2, 0.25) is 0 Å². The number of fused-ring (bicyclic) bond motifs is 1. The molecule has 0 radical (unpaired) electrons.